The molecular weight excluding hydrogens is 238 g/mol. The molecule has 0 unspecified atom stereocenters. The second-order valence-corrected chi connectivity index (χ2v) is 5.57. The summed E-state index contributed by atoms with van der Waals surface area (Å²) in [6.45, 7) is 3.95. The van der Waals surface area contributed by atoms with Crippen LogP contribution in [0.2, 0.25) is 0 Å². The third kappa shape index (κ3) is 4.43. The Labute approximate surface area is 116 Å². The van der Waals surface area contributed by atoms with Crippen molar-refractivity contribution in [2.24, 2.45) is 0 Å². The van der Waals surface area contributed by atoms with Gasteiger partial charge in [0.2, 0.25) is 0 Å². The highest BCUT2D eigenvalue weighted by Crippen LogP contribution is 2.27. The molecule has 106 valence electrons. The summed E-state index contributed by atoms with van der Waals surface area (Å²) in [6.07, 6.45) is 6.66. The third-order valence-corrected chi connectivity index (χ3v) is 3.94. The van der Waals surface area contributed by atoms with Gasteiger partial charge in [0.05, 0.1) is 7.11 Å². The maximum atomic E-state index is 5.72. The van der Waals surface area contributed by atoms with Gasteiger partial charge in [-0.25, -0.2) is 0 Å². The molecule has 0 aliphatic heterocycles. The van der Waals surface area contributed by atoms with E-state index >= 15 is 0 Å². The Morgan fingerprint density at radius 1 is 1.05 bits per heavy atom. The topological polar surface area (TPSA) is 30.5 Å². The minimum Gasteiger partial charge on any atom is -0.497 e. The molecule has 3 nitrogen and oxygen atoms in total. The molecule has 0 saturated heterocycles. The molecule has 1 fully saturated rings. The van der Waals surface area contributed by atoms with Gasteiger partial charge in [0.25, 0.3) is 0 Å². The minimum atomic E-state index is 0.321. The molecule has 0 spiro atoms. The van der Waals surface area contributed by atoms with Gasteiger partial charge in [0, 0.05) is 12.1 Å². The fraction of sp³-hybridized carbons (Fsp3) is 0.625. The molecular formula is C16H25NO2. The molecule has 1 aliphatic rings. The summed E-state index contributed by atoms with van der Waals surface area (Å²) in [5.41, 5.74) is 0.321. The van der Waals surface area contributed by atoms with Crippen molar-refractivity contribution in [3.8, 4) is 11.5 Å². The SMILES string of the molecule is COc1ccc(OCCNC2(C)CCCCC2)cc1. The Morgan fingerprint density at radius 2 is 1.68 bits per heavy atom. The number of hydrogen-bond acceptors (Lipinski definition) is 3. The zero-order valence-electron chi connectivity index (χ0n) is 12.1. The van der Waals surface area contributed by atoms with E-state index in [0.717, 1.165) is 18.0 Å². The van der Waals surface area contributed by atoms with Crippen LogP contribution in [0.15, 0.2) is 24.3 Å². The van der Waals surface area contributed by atoms with E-state index < -0.39 is 0 Å². The Bertz CT molecular complexity index is 369. The van der Waals surface area contributed by atoms with E-state index in [-0.39, 0.29) is 0 Å². The first kappa shape index (κ1) is 14.2. The van der Waals surface area contributed by atoms with Gasteiger partial charge in [0.15, 0.2) is 0 Å². The molecule has 0 heterocycles. The molecule has 0 bridgehead atoms. The average molecular weight is 263 g/mol. The predicted molar refractivity (Wildman–Crippen MR) is 78.0 cm³/mol. The molecule has 3 heteroatoms. The monoisotopic (exact) mass is 263 g/mol. The normalized spacial score (nSPS) is 18.0. The van der Waals surface area contributed by atoms with Crippen molar-refractivity contribution in [3.05, 3.63) is 24.3 Å². The Kier molecular flexibility index (Phi) is 5.08. The standard InChI is InChI=1S/C16H25NO2/c1-16(10-4-3-5-11-16)17-12-13-19-15-8-6-14(18-2)7-9-15/h6-9,17H,3-5,10-13H2,1-2H3. The zero-order valence-corrected chi connectivity index (χ0v) is 12.1. The summed E-state index contributed by atoms with van der Waals surface area (Å²) in [5, 5.41) is 3.64. The number of ether oxygens (including phenoxy) is 2. The van der Waals surface area contributed by atoms with Crippen molar-refractivity contribution in [2.75, 3.05) is 20.3 Å². The van der Waals surface area contributed by atoms with Crippen LogP contribution in [0.3, 0.4) is 0 Å². The fourth-order valence-corrected chi connectivity index (χ4v) is 2.70. The number of rotatable bonds is 6. The van der Waals surface area contributed by atoms with Crippen molar-refractivity contribution in [1.29, 1.82) is 0 Å². The first-order chi connectivity index (χ1) is 9.22. The quantitative estimate of drug-likeness (QED) is 0.798. The predicted octanol–water partition coefficient (Wildman–Crippen LogP) is 3.39. The van der Waals surface area contributed by atoms with E-state index in [2.05, 4.69) is 12.2 Å². The first-order valence-electron chi connectivity index (χ1n) is 7.24. The molecule has 19 heavy (non-hydrogen) atoms. The third-order valence-electron chi connectivity index (χ3n) is 3.94. The van der Waals surface area contributed by atoms with Gasteiger partial charge >= 0.3 is 0 Å². The lowest BCUT2D eigenvalue weighted by Crippen LogP contribution is -2.45. The van der Waals surface area contributed by atoms with E-state index in [9.17, 15) is 0 Å². The van der Waals surface area contributed by atoms with Gasteiger partial charge in [-0.2, -0.15) is 0 Å². The van der Waals surface area contributed by atoms with Gasteiger partial charge in [-0.05, 0) is 44.0 Å². The molecule has 1 aliphatic carbocycles. The Morgan fingerprint density at radius 3 is 2.32 bits per heavy atom. The molecule has 0 amide bonds. The van der Waals surface area contributed by atoms with Crippen LogP contribution in [0, 0.1) is 0 Å². The Balaban J connectivity index is 1.68. The van der Waals surface area contributed by atoms with E-state index in [0.29, 0.717) is 12.1 Å². The average Bonchev–Trinajstić information content (AvgIpc) is 2.45. The zero-order chi connectivity index (χ0) is 13.6. The lowest BCUT2D eigenvalue weighted by Gasteiger charge is -2.34. The summed E-state index contributed by atoms with van der Waals surface area (Å²) in [6, 6.07) is 7.73. The molecule has 1 aromatic rings. The van der Waals surface area contributed by atoms with E-state index in [1.807, 2.05) is 24.3 Å². The summed E-state index contributed by atoms with van der Waals surface area (Å²) >= 11 is 0. The number of hydrogen-bond donors (Lipinski definition) is 1. The molecule has 1 aromatic carbocycles. The summed E-state index contributed by atoms with van der Waals surface area (Å²) in [7, 11) is 1.67. The number of methoxy groups -OCH3 is 1. The van der Waals surface area contributed by atoms with Crippen molar-refractivity contribution >= 4 is 0 Å². The van der Waals surface area contributed by atoms with E-state index in [1.54, 1.807) is 7.11 Å². The van der Waals surface area contributed by atoms with E-state index in [4.69, 9.17) is 9.47 Å². The first-order valence-corrected chi connectivity index (χ1v) is 7.24. The van der Waals surface area contributed by atoms with Crippen LogP contribution in [-0.4, -0.2) is 25.8 Å². The van der Waals surface area contributed by atoms with Gasteiger partial charge < -0.3 is 14.8 Å². The molecule has 0 aromatic heterocycles. The van der Waals surface area contributed by atoms with Crippen LogP contribution in [0.4, 0.5) is 0 Å². The highest BCUT2D eigenvalue weighted by Gasteiger charge is 2.25. The fourth-order valence-electron chi connectivity index (χ4n) is 2.70. The lowest BCUT2D eigenvalue weighted by atomic mass is 9.83. The van der Waals surface area contributed by atoms with Gasteiger partial charge in [0.1, 0.15) is 18.1 Å². The Hall–Kier alpha value is -1.22. The second-order valence-electron chi connectivity index (χ2n) is 5.57. The molecule has 1 N–H and O–H groups in total. The number of benzene rings is 1. The lowest BCUT2D eigenvalue weighted by molar-refractivity contribution is 0.227. The second kappa shape index (κ2) is 6.80. The van der Waals surface area contributed by atoms with Crippen LogP contribution in [0.25, 0.3) is 0 Å². The van der Waals surface area contributed by atoms with Crippen molar-refractivity contribution in [3.63, 3.8) is 0 Å². The summed E-state index contributed by atoms with van der Waals surface area (Å²) in [4.78, 5) is 0. The summed E-state index contributed by atoms with van der Waals surface area (Å²) in [5.74, 6) is 1.76. The minimum absolute atomic E-state index is 0.321. The summed E-state index contributed by atoms with van der Waals surface area (Å²) < 4.78 is 10.8. The largest absolute Gasteiger partial charge is 0.497 e. The van der Waals surface area contributed by atoms with Gasteiger partial charge in [-0.1, -0.05) is 19.3 Å². The van der Waals surface area contributed by atoms with Crippen molar-refractivity contribution < 1.29 is 9.47 Å². The van der Waals surface area contributed by atoms with E-state index in [1.165, 1.54) is 32.1 Å². The van der Waals surface area contributed by atoms with Gasteiger partial charge in [-0.3, -0.25) is 0 Å². The van der Waals surface area contributed by atoms with Crippen LogP contribution < -0.4 is 14.8 Å². The maximum absolute atomic E-state index is 5.72. The van der Waals surface area contributed by atoms with Crippen LogP contribution >= 0.6 is 0 Å². The maximum Gasteiger partial charge on any atom is 0.119 e. The highest BCUT2D eigenvalue weighted by molar-refractivity contribution is 5.31. The number of nitrogens with one attached hydrogen (secondary N) is 1. The molecule has 2 rings (SSSR count). The van der Waals surface area contributed by atoms with Crippen molar-refractivity contribution in [1.82, 2.24) is 5.32 Å². The smallest absolute Gasteiger partial charge is 0.119 e. The molecule has 1 saturated carbocycles. The van der Waals surface area contributed by atoms with Crippen LogP contribution in [0.1, 0.15) is 39.0 Å². The van der Waals surface area contributed by atoms with Crippen LogP contribution in [-0.2, 0) is 0 Å². The van der Waals surface area contributed by atoms with Gasteiger partial charge in [-0.15, -0.1) is 0 Å². The van der Waals surface area contributed by atoms with Crippen LogP contribution in [0.5, 0.6) is 11.5 Å². The molecule has 0 atom stereocenters. The van der Waals surface area contributed by atoms with Crippen molar-refractivity contribution in [2.45, 2.75) is 44.6 Å². The highest BCUT2D eigenvalue weighted by atomic mass is 16.5. The molecule has 0 radical (unpaired) electrons.